The van der Waals surface area contributed by atoms with E-state index < -0.39 is 17.8 Å². The van der Waals surface area contributed by atoms with Crippen LogP contribution in [0, 0.1) is 0 Å². The maximum Gasteiger partial charge on any atom is 0.335 e. The summed E-state index contributed by atoms with van der Waals surface area (Å²) in [5.41, 5.74) is 0.377. The lowest BCUT2D eigenvalue weighted by molar-refractivity contribution is -0.772. The van der Waals surface area contributed by atoms with Crippen molar-refractivity contribution < 1.29 is 33.7 Å². The largest absolute Gasteiger partial charge is 0.538 e. The number of aryl methyl sites for hydroxylation is 1. The van der Waals surface area contributed by atoms with E-state index in [0.29, 0.717) is 5.69 Å². The second-order valence-electron chi connectivity index (χ2n) is 4.35. The first-order chi connectivity index (χ1) is 10.9. The second kappa shape index (κ2) is 7.01. The van der Waals surface area contributed by atoms with E-state index in [4.69, 9.17) is 9.84 Å². The standard InChI is InChI=1S/C13H13N3O6S/c1-16-11(13(20)22-15-16)23-6-10(17)14-8-4-3-7(12(18)19)5-9(8)21-2/h3-5H,6H2,1-2H3,(H2-,14,15,17,18,19,20). The van der Waals surface area contributed by atoms with Gasteiger partial charge in [-0.3, -0.25) is 4.79 Å². The Morgan fingerprint density at radius 3 is 2.83 bits per heavy atom. The summed E-state index contributed by atoms with van der Waals surface area (Å²) in [4.78, 5) is 22.9. The fourth-order valence-electron chi connectivity index (χ4n) is 1.71. The maximum atomic E-state index is 12.0. The third-order valence-electron chi connectivity index (χ3n) is 2.78. The SMILES string of the molecule is COc1cc(C(=O)O)ccc1NC(=O)CSc1c([O-])on[n+]1C. The molecule has 2 N–H and O–H groups in total. The van der Waals surface area contributed by atoms with Crippen molar-refractivity contribution in [1.29, 1.82) is 0 Å². The Bertz CT molecular complexity index is 726. The number of hydrogen-bond donors (Lipinski definition) is 2. The summed E-state index contributed by atoms with van der Waals surface area (Å²) < 4.78 is 10.7. The molecule has 1 aromatic heterocycles. The number of anilines is 1. The van der Waals surface area contributed by atoms with Gasteiger partial charge in [-0.25, -0.2) is 4.79 Å². The zero-order chi connectivity index (χ0) is 17.0. The molecule has 0 saturated carbocycles. The number of ether oxygens (including phenoxy) is 1. The number of methoxy groups -OCH3 is 1. The number of carbonyl (C=O) groups is 2. The number of carboxylic acids is 1. The van der Waals surface area contributed by atoms with Crippen LogP contribution >= 0.6 is 11.8 Å². The van der Waals surface area contributed by atoms with Crippen LogP contribution in [0.25, 0.3) is 0 Å². The van der Waals surface area contributed by atoms with E-state index in [1.165, 1.54) is 37.0 Å². The minimum atomic E-state index is -1.10. The zero-order valence-corrected chi connectivity index (χ0v) is 13.0. The molecular formula is C13H13N3O6S. The number of benzene rings is 1. The molecule has 1 aromatic carbocycles. The van der Waals surface area contributed by atoms with E-state index in [1.807, 2.05) is 0 Å². The monoisotopic (exact) mass is 339 g/mol. The molecule has 0 unspecified atom stereocenters. The maximum absolute atomic E-state index is 12.0. The molecule has 0 aliphatic carbocycles. The van der Waals surface area contributed by atoms with Crippen LogP contribution < -0.4 is 19.8 Å². The molecule has 23 heavy (non-hydrogen) atoms. The van der Waals surface area contributed by atoms with Gasteiger partial charge in [-0.1, -0.05) is 4.68 Å². The van der Waals surface area contributed by atoms with E-state index in [1.54, 1.807) is 0 Å². The smallest absolute Gasteiger partial charge is 0.335 e. The van der Waals surface area contributed by atoms with Crippen molar-refractivity contribution in [3.05, 3.63) is 23.8 Å². The first kappa shape index (κ1) is 16.6. The molecule has 0 bridgehead atoms. The average Bonchev–Trinajstić information content (AvgIpc) is 2.84. The molecule has 0 radical (unpaired) electrons. The van der Waals surface area contributed by atoms with Crippen LogP contribution in [0.4, 0.5) is 5.69 Å². The highest BCUT2D eigenvalue weighted by molar-refractivity contribution is 7.99. The van der Waals surface area contributed by atoms with Crippen molar-refractivity contribution in [3.8, 4) is 11.7 Å². The summed E-state index contributed by atoms with van der Waals surface area (Å²) in [6.07, 6.45) is 0. The van der Waals surface area contributed by atoms with Crippen LogP contribution in [-0.4, -0.2) is 35.1 Å². The number of rotatable bonds is 6. The topological polar surface area (TPSA) is 129 Å². The highest BCUT2D eigenvalue weighted by atomic mass is 32.2. The van der Waals surface area contributed by atoms with Gasteiger partial charge >= 0.3 is 5.97 Å². The lowest BCUT2D eigenvalue weighted by Crippen LogP contribution is -2.32. The van der Waals surface area contributed by atoms with Crippen LogP contribution in [0.15, 0.2) is 27.7 Å². The lowest BCUT2D eigenvalue weighted by Gasteiger charge is -2.10. The Balaban J connectivity index is 2.04. The molecular weight excluding hydrogens is 326 g/mol. The van der Waals surface area contributed by atoms with Gasteiger partial charge in [0, 0.05) is 0 Å². The third kappa shape index (κ3) is 3.92. The van der Waals surface area contributed by atoms with Gasteiger partial charge < -0.3 is 24.8 Å². The van der Waals surface area contributed by atoms with Crippen LogP contribution in [0.5, 0.6) is 11.7 Å². The van der Waals surface area contributed by atoms with Crippen LogP contribution in [0.3, 0.4) is 0 Å². The van der Waals surface area contributed by atoms with Crippen LogP contribution in [0.1, 0.15) is 10.4 Å². The molecule has 2 rings (SSSR count). The molecule has 2 aromatic rings. The number of aromatic nitrogens is 2. The fourth-order valence-corrected chi connectivity index (χ4v) is 2.42. The van der Waals surface area contributed by atoms with Gasteiger partial charge in [-0.05, 0) is 30.0 Å². The quantitative estimate of drug-likeness (QED) is 0.556. The van der Waals surface area contributed by atoms with Crippen molar-refractivity contribution in [1.82, 2.24) is 5.27 Å². The molecule has 9 nitrogen and oxygen atoms in total. The van der Waals surface area contributed by atoms with Gasteiger partial charge in [0.2, 0.25) is 5.91 Å². The van der Waals surface area contributed by atoms with Gasteiger partial charge in [0.1, 0.15) is 5.75 Å². The summed E-state index contributed by atoms with van der Waals surface area (Å²) in [7, 11) is 2.89. The van der Waals surface area contributed by atoms with Crippen LogP contribution in [0.2, 0.25) is 0 Å². The molecule has 0 saturated heterocycles. The summed E-state index contributed by atoms with van der Waals surface area (Å²) >= 11 is 0.976. The Kier molecular flexibility index (Phi) is 5.06. The normalized spacial score (nSPS) is 10.3. The Morgan fingerprint density at radius 1 is 1.52 bits per heavy atom. The van der Waals surface area contributed by atoms with Gasteiger partial charge in [0.25, 0.3) is 5.03 Å². The van der Waals surface area contributed by atoms with Crippen LogP contribution in [-0.2, 0) is 11.8 Å². The summed E-state index contributed by atoms with van der Waals surface area (Å²) in [6.45, 7) is 0. The number of carbonyl (C=O) groups excluding carboxylic acids is 1. The minimum absolute atomic E-state index is 0.0433. The van der Waals surface area contributed by atoms with Gasteiger partial charge in [0.05, 0.1) is 29.4 Å². The Labute approximate surface area is 134 Å². The lowest BCUT2D eigenvalue weighted by atomic mass is 10.2. The van der Waals surface area contributed by atoms with Gasteiger partial charge in [-0.2, -0.15) is 0 Å². The Morgan fingerprint density at radius 2 is 2.26 bits per heavy atom. The van der Waals surface area contributed by atoms with E-state index in [0.717, 1.165) is 11.8 Å². The number of aromatic carboxylic acids is 1. The summed E-state index contributed by atoms with van der Waals surface area (Å²) in [5, 5.41) is 26.5. The molecule has 1 heterocycles. The number of carboxylic acid groups (broad SMARTS) is 1. The molecule has 0 spiro atoms. The summed E-state index contributed by atoms with van der Waals surface area (Å²) in [6, 6.07) is 4.09. The zero-order valence-electron chi connectivity index (χ0n) is 12.2. The second-order valence-corrected chi connectivity index (χ2v) is 5.31. The number of nitrogens with one attached hydrogen (secondary N) is 1. The number of nitrogens with zero attached hydrogens (tertiary/aromatic N) is 2. The molecule has 1 amide bonds. The highest BCUT2D eigenvalue weighted by Gasteiger charge is 2.17. The van der Waals surface area contributed by atoms with Crippen molar-refractivity contribution in [3.63, 3.8) is 0 Å². The molecule has 122 valence electrons. The predicted molar refractivity (Wildman–Crippen MR) is 76.4 cm³/mol. The first-order valence-corrected chi connectivity index (χ1v) is 7.28. The van der Waals surface area contributed by atoms with Crippen molar-refractivity contribution in [2.24, 2.45) is 7.05 Å². The van der Waals surface area contributed by atoms with Crippen molar-refractivity contribution >= 4 is 29.3 Å². The highest BCUT2D eigenvalue weighted by Crippen LogP contribution is 2.26. The minimum Gasteiger partial charge on any atom is -0.538 e. The van der Waals surface area contributed by atoms with Gasteiger partial charge in [0.15, 0.2) is 13.0 Å². The first-order valence-electron chi connectivity index (χ1n) is 6.29. The van der Waals surface area contributed by atoms with E-state index in [9.17, 15) is 14.7 Å². The number of hydrogen-bond acceptors (Lipinski definition) is 7. The van der Waals surface area contributed by atoms with E-state index in [-0.39, 0.29) is 22.1 Å². The number of amides is 1. The predicted octanol–water partition coefficient (Wildman–Crippen LogP) is 0.0103. The molecule has 0 aliphatic heterocycles. The molecule has 0 fully saturated rings. The van der Waals surface area contributed by atoms with Crippen molar-refractivity contribution in [2.75, 3.05) is 18.2 Å². The molecule has 10 heteroatoms. The van der Waals surface area contributed by atoms with Gasteiger partial charge in [-0.15, -0.1) is 0 Å². The third-order valence-corrected chi connectivity index (χ3v) is 3.89. The van der Waals surface area contributed by atoms with E-state index >= 15 is 0 Å². The van der Waals surface area contributed by atoms with E-state index in [2.05, 4.69) is 15.1 Å². The average molecular weight is 339 g/mol. The molecule has 0 atom stereocenters. The molecule has 0 aliphatic rings. The van der Waals surface area contributed by atoms with Crippen molar-refractivity contribution in [2.45, 2.75) is 5.03 Å². The number of thioether (sulfide) groups is 1. The summed E-state index contributed by atoms with van der Waals surface area (Å²) in [5.74, 6) is -1.93. The fraction of sp³-hybridized carbons (Fsp3) is 0.231. The Hall–Kier alpha value is -2.75.